The molecule has 2 aromatic rings. The van der Waals surface area contributed by atoms with E-state index in [1.54, 1.807) is 31.2 Å². The Kier molecular flexibility index (Phi) is 7.22. The van der Waals surface area contributed by atoms with Crippen LogP contribution in [0.3, 0.4) is 0 Å². The van der Waals surface area contributed by atoms with Crippen LogP contribution in [0.4, 0.5) is 17.1 Å². The first kappa shape index (κ1) is 22.9. The summed E-state index contributed by atoms with van der Waals surface area (Å²) >= 11 is 0. The number of benzene rings is 2. The maximum Gasteiger partial charge on any atom is 0.271 e. The van der Waals surface area contributed by atoms with E-state index in [2.05, 4.69) is 5.32 Å². The molecule has 2 aromatic carbocycles. The van der Waals surface area contributed by atoms with E-state index in [1.807, 2.05) is 0 Å². The molecule has 0 unspecified atom stereocenters. The summed E-state index contributed by atoms with van der Waals surface area (Å²) in [5.41, 5.74) is -0.0124. The first-order valence-corrected chi connectivity index (χ1v) is 10.7. The van der Waals surface area contributed by atoms with Gasteiger partial charge in [-0.2, -0.15) is 0 Å². The van der Waals surface area contributed by atoms with Crippen LogP contribution < -0.4 is 19.1 Å². The van der Waals surface area contributed by atoms with Crippen molar-refractivity contribution in [2.24, 2.45) is 0 Å². The largest absolute Gasteiger partial charge is 0.497 e. The van der Waals surface area contributed by atoms with Gasteiger partial charge in [-0.05, 0) is 24.6 Å². The molecule has 162 valence electrons. The molecule has 0 aromatic heterocycles. The Bertz CT molecular complexity index is 1040. The number of amides is 1. The first-order valence-electron chi connectivity index (χ1n) is 8.89. The van der Waals surface area contributed by atoms with Gasteiger partial charge in [-0.25, -0.2) is 8.42 Å². The lowest BCUT2D eigenvalue weighted by molar-refractivity contribution is -0.384. The van der Waals surface area contributed by atoms with Crippen LogP contribution in [0.25, 0.3) is 0 Å². The second-order valence-corrected chi connectivity index (χ2v) is 8.18. The monoisotopic (exact) mass is 437 g/mol. The zero-order chi connectivity index (χ0) is 22.5. The van der Waals surface area contributed by atoms with Gasteiger partial charge >= 0.3 is 0 Å². The van der Waals surface area contributed by atoms with Crippen molar-refractivity contribution in [3.05, 3.63) is 52.6 Å². The third-order valence-corrected chi connectivity index (χ3v) is 5.44. The second kappa shape index (κ2) is 9.44. The molecule has 0 aliphatic heterocycles. The number of rotatable bonds is 9. The van der Waals surface area contributed by atoms with Crippen molar-refractivity contribution in [3.63, 3.8) is 0 Å². The van der Waals surface area contributed by atoms with Crippen molar-refractivity contribution < 1.29 is 27.6 Å². The number of nitrogens with zero attached hydrogens (tertiary/aromatic N) is 2. The van der Waals surface area contributed by atoms with Crippen LogP contribution in [0.15, 0.2) is 42.5 Å². The Hall–Kier alpha value is -3.34. The van der Waals surface area contributed by atoms with Gasteiger partial charge in [-0.15, -0.1) is 0 Å². The molecular formula is C19H23N3O7S. The van der Waals surface area contributed by atoms with Crippen LogP contribution >= 0.6 is 0 Å². The standard InChI is InChI=1S/C19H23N3O7S/c1-5-16(19(23)20-13-7-6-8-15(11-13)28-2)21(30(4,26)27)17-12-14(22(24)25)9-10-18(17)29-3/h6-12,16H,5H2,1-4H3,(H,20,23)/t16-/m1/s1. The van der Waals surface area contributed by atoms with E-state index in [0.717, 1.165) is 16.6 Å². The molecule has 0 bridgehead atoms. The molecule has 0 fully saturated rings. The Balaban J connectivity index is 2.53. The van der Waals surface area contributed by atoms with Gasteiger partial charge in [0.1, 0.15) is 23.2 Å². The summed E-state index contributed by atoms with van der Waals surface area (Å²) in [5.74, 6) is -0.00966. The fraction of sp³-hybridized carbons (Fsp3) is 0.316. The Morgan fingerprint density at radius 2 is 1.90 bits per heavy atom. The molecule has 0 heterocycles. The highest BCUT2D eigenvalue weighted by Crippen LogP contribution is 2.36. The van der Waals surface area contributed by atoms with Crippen molar-refractivity contribution in [2.75, 3.05) is 30.1 Å². The molecule has 0 saturated carbocycles. The Morgan fingerprint density at radius 1 is 1.20 bits per heavy atom. The summed E-state index contributed by atoms with van der Waals surface area (Å²) < 4.78 is 36.4. The molecule has 0 spiro atoms. The van der Waals surface area contributed by atoms with Crippen molar-refractivity contribution in [3.8, 4) is 11.5 Å². The number of non-ortho nitro benzene ring substituents is 1. The quantitative estimate of drug-likeness (QED) is 0.472. The second-order valence-electron chi connectivity index (χ2n) is 6.32. The van der Waals surface area contributed by atoms with Crippen LogP contribution in [0.2, 0.25) is 0 Å². The minimum Gasteiger partial charge on any atom is -0.497 e. The predicted molar refractivity (Wildman–Crippen MR) is 113 cm³/mol. The minimum atomic E-state index is -4.01. The number of carbonyl (C=O) groups excluding carboxylic acids is 1. The van der Waals surface area contributed by atoms with E-state index in [9.17, 15) is 23.3 Å². The van der Waals surface area contributed by atoms with E-state index >= 15 is 0 Å². The smallest absolute Gasteiger partial charge is 0.271 e. The molecule has 1 amide bonds. The molecule has 30 heavy (non-hydrogen) atoms. The highest BCUT2D eigenvalue weighted by Gasteiger charge is 2.34. The number of nitro benzene ring substituents is 1. The molecule has 1 N–H and O–H groups in total. The number of anilines is 2. The number of nitrogens with one attached hydrogen (secondary N) is 1. The zero-order valence-corrected chi connectivity index (χ0v) is 17.8. The summed E-state index contributed by atoms with van der Waals surface area (Å²) in [6.45, 7) is 1.64. The van der Waals surface area contributed by atoms with E-state index in [4.69, 9.17) is 9.47 Å². The number of hydrogen-bond acceptors (Lipinski definition) is 7. The third kappa shape index (κ3) is 5.17. The topological polar surface area (TPSA) is 128 Å². The zero-order valence-electron chi connectivity index (χ0n) is 17.0. The summed E-state index contributed by atoms with van der Waals surface area (Å²) in [6, 6.07) is 8.97. The van der Waals surface area contributed by atoms with Gasteiger partial charge < -0.3 is 14.8 Å². The molecule has 1 atom stereocenters. The predicted octanol–water partition coefficient (Wildman–Crippen LogP) is 2.80. The van der Waals surface area contributed by atoms with Gasteiger partial charge in [0.05, 0.1) is 25.4 Å². The number of ether oxygens (including phenoxy) is 2. The van der Waals surface area contributed by atoms with Crippen LogP contribution in [-0.4, -0.2) is 45.8 Å². The molecule has 0 aliphatic carbocycles. The fourth-order valence-corrected chi connectivity index (χ4v) is 4.13. The lowest BCUT2D eigenvalue weighted by Gasteiger charge is -2.31. The van der Waals surface area contributed by atoms with E-state index in [0.29, 0.717) is 11.4 Å². The van der Waals surface area contributed by atoms with Crippen LogP contribution in [-0.2, 0) is 14.8 Å². The average Bonchev–Trinajstić information content (AvgIpc) is 2.70. The third-order valence-electron chi connectivity index (χ3n) is 4.28. The van der Waals surface area contributed by atoms with Crippen molar-refractivity contribution >= 4 is 33.0 Å². The summed E-state index contributed by atoms with van der Waals surface area (Å²) in [7, 11) is -1.22. The van der Waals surface area contributed by atoms with Crippen molar-refractivity contribution in [1.82, 2.24) is 0 Å². The van der Waals surface area contributed by atoms with Gasteiger partial charge in [-0.1, -0.05) is 13.0 Å². The van der Waals surface area contributed by atoms with Crippen molar-refractivity contribution in [1.29, 1.82) is 0 Å². The number of sulfonamides is 1. The lowest BCUT2D eigenvalue weighted by atomic mass is 10.1. The molecule has 11 heteroatoms. The van der Waals surface area contributed by atoms with Crippen LogP contribution in [0, 0.1) is 10.1 Å². The SMILES string of the molecule is CC[C@H](C(=O)Nc1cccc(OC)c1)N(c1cc([N+](=O)[O-])ccc1OC)S(C)(=O)=O. The number of hydrogen-bond donors (Lipinski definition) is 1. The van der Waals surface area contributed by atoms with Gasteiger partial charge in [0.2, 0.25) is 15.9 Å². The number of methoxy groups -OCH3 is 2. The fourth-order valence-electron chi connectivity index (χ4n) is 2.93. The van der Waals surface area contributed by atoms with E-state index in [1.165, 1.54) is 26.4 Å². The van der Waals surface area contributed by atoms with Gasteiger partial charge in [0, 0.05) is 23.9 Å². The Labute approximate surface area is 174 Å². The molecule has 0 radical (unpaired) electrons. The highest BCUT2D eigenvalue weighted by atomic mass is 32.2. The van der Waals surface area contributed by atoms with Crippen LogP contribution in [0.5, 0.6) is 11.5 Å². The van der Waals surface area contributed by atoms with Gasteiger partial charge in [0.25, 0.3) is 5.69 Å². The molecule has 0 saturated heterocycles. The maximum absolute atomic E-state index is 13.0. The van der Waals surface area contributed by atoms with Crippen LogP contribution in [0.1, 0.15) is 13.3 Å². The number of carbonyl (C=O) groups is 1. The minimum absolute atomic E-state index is 0.0821. The highest BCUT2D eigenvalue weighted by molar-refractivity contribution is 7.92. The first-order chi connectivity index (χ1) is 14.1. The normalized spacial score (nSPS) is 12.0. The maximum atomic E-state index is 13.0. The molecular weight excluding hydrogens is 414 g/mol. The van der Waals surface area contributed by atoms with E-state index in [-0.39, 0.29) is 23.5 Å². The lowest BCUT2D eigenvalue weighted by Crippen LogP contribution is -2.47. The van der Waals surface area contributed by atoms with E-state index < -0.39 is 26.9 Å². The summed E-state index contributed by atoms with van der Waals surface area (Å²) in [4.78, 5) is 23.5. The summed E-state index contributed by atoms with van der Waals surface area (Å²) in [6.07, 6.45) is 1.03. The van der Waals surface area contributed by atoms with Gasteiger partial charge in [-0.3, -0.25) is 19.2 Å². The summed E-state index contributed by atoms with van der Waals surface area (Å²) in [5, 5.41) is 13.9. The number of nitro groups is 1. The average molecular weight is 437 g/mol. The molecule has 0 aliphatic rings. The Morgan fingerprint density at radius 3 is 2.43 bits per heavy atom. The van der Waals surface area contributed by atoms with Gasteiger partial charge in [0.15, 0.2) is 0 Å². The van der Waals surface area contributed by atoms with Crippen molar-refractivity contribution in [2.45, 2.75) is 19.4 Å². The molecule has 10 nitrogen and oxygen atoms in total. The molecule has 2 rings (SSSR count).